The summed E-state index contributed by atoms with van der Waals surface area (Å²) in [5.74, 6) is -0.710. The molecule has 0 aromatic heterocycles. The van der Waals surface area contributed by atoms with Crippen LogP contribution in [0.15, 0.2) is 47.4 Å². The Bertz CT molecular complexity index is 793. The first-order valence-corrected chi connectivity index (χ1v) is 7.65. The van der Waals surface area contributed by atoms with Crippen molar-refractivity contribution in [2.24, 2.45) is 0 Å². The summed E-state index contributed by atoms with van der Waals surface area (Å²) in [6, 6.07) is 12.1. The van der Waals surface area contributed by atoms with Crippen LogP contribution < -0.4 is 4.72 Å². The number of halogens is 1. The number of hydrogen-bond acceptors (Lipinski definition) is 3. The second-order valence-electron chi connectivity index (χ2n) is 4.57. The fraction of sp³-hybridized carbons (Fsp3) is 0.133. The van der Waals surface area contributed by atoms with Gasteiger partial charge in [-0.2, -0.15) is 5.26 Å². The SMILES string of the molecule is Cc1ccc(S(=O)(=O)Nc2ccc(CC#N)cc2F)cc1. The molecule has 6 heteroatoms. The van der Waals surface area contributed by atoms with Crippen LogP contribution in [0.5, 0.6) is 0 Å². The number of sulfonamides is 1. The van der Waals surface area contributed by atoms with Crippen LogP contribution in [0.1, 0.15) is 11.1 Å². The van der Waals surface area contributed by atoms with Gasteiger partial charge >= 0.3 is 0 Å². The van der Waals surface area contributed by atoms with Crippen molar-refractivity contribution in [3.8, 4) is 6.07 Å². The second-order valence-corrected chi connectivity index (χ2v) is 6.25. The van der Waals surface area contributed by atoms with E-state index in [2.05, 4.69) is 4.72 Å². The first kappa shape index (κ1) is 15.0. The van der Waals surface area contributed by atoms with E-state index in [0.717, 1.165) is 11.6 Å². The fourth-order valence-electron chi connectivity index (χ4n) is 1.76. The summed E-state index contributed by atoms with van der Waals surface area (Å²) in [7, 11) is -3.83. The molecular formula is C15H13FN2O2S. The van der Waals surface area contributed by atoms with Crippen molar-refractivity contribution in [1.82, 2.24) is 0 Å². The zero-order valence-electron chi connectivity index (χ0n) is 11.3. The molecule has 0 fully saturated rings. The van der Waals surface area contributed by atoms with Gasteiger partial charge in [-0.15, -0.1) is 0 Å². The molecule has 1 N–H and O–H groups in total. The van der Waals surface area contributed by atoms with Gasteiger partial charge in [-0.25, -0.2) is 12.8 Å². The molecule has 0 aliphatic heterocycles. The lowest BCUT2D eigenvalue weighted by Gasteiger charge is -2.10. The third-order valence-corrected chi connectivity index (χ3v) is 4.27. The highest BCUT2D eigenvalue weighted by Gasteiger charge is 2.16. The van der Waals surface area contributed by atoms with Crippen LogP contribution in [0.25, 0.3) is 0 Å². The average Bonchev–Trinajstić information content (AvgIpc) is 2.42. The number of benzene rings is 2. The van der Waals surface area contributed by atoms with Gasteiger partial charge < -0.3 is 0 Å². The maximum Gasteiger partial charge on any atom is 0.261 e. The van der Waals surface area contributed by atoms with Gasteiger partial charge in [0.15, 0.2) is 0 Å². The molecule has 0 amide bonds. The van der Waals surface area contributed by atoms with E-state index >= 15 is 0 Å². The predicted molar refractivity (Wildman–Crippen MR) is 77.7 cm³/mol. The number of nitrogens with one attached hydrogen (secondary N) is 1. The molecule has 0 spiro atoms. The molecule has 0 heterocycles. The standard InChI is InChI=1S/C15H13FN2O2S/c1-11-2-5-13(6-3-11)21(19,20)18-15-7-4-12(8-9-17)10-14(15)16/h2-7,10,18H,8H2,1H3. The summed E-state index contributed by atoms with van der Waals surface area (Å²) in [4.78, 5) is 0.0635. The van der Waals surface area contributed by atoms with Crippen LogP contribution in [0, 0.1) is 24.1 Å². The van der Waals surface area contributed by atoms with Gasteiger partial charge in [-0.1, -0.05) is 23.8 Å². The summed E-state index contributed by atoms with van der Waals surface area (Å²) in [5, 5.41) is 8.55. The molecule has 108 valence electrons. The summed E-state index contributed by atoms with van der Waals surface area (Å²) in [5.41, 5.74) is 1.28. The Morgan fingerprint density at radius 1 is 1.19 bits per heavy atom. The lowest BCUT2D eigenvalue weighted by atomic mass is 10.1. The number of nitrogens with zero attached hydrogens (tertiary/aromatic N) is 1. The van der Waals surface area contributed by atoms with Crippen molar-refractivity contribution in [2.75, 3.05) is 4.72 Å². The Morgan fingerprint density at radius 2 is 1.86 bits per heavy atom. The lowest BCUT2D eigenvalue weighted by Crippen LogP contribution is -2.14. The largest absolute Gasteiger partial charge is 0.277 e. The van der Waals surface area contributed by atoms with E-state index in [-0.39, 0.29) is 17.0 Å². The van der Waals surface area contributed by atoms with Crippen LogP contribution in [0.3, 0.4) is 0 Å². The number of rotatable bonds is 4. The van der Waals surface area contributed by atoms with E-state index in [1.54, 1.807) is 12.1 Å². The number of hydrogen-bond donors (Lipinski definition) is 1. The first-order chi connectivity index (χ1) is 9.92. The zero-order valence-corrected chi connectivity index (χ0v) is 12.1. The maximum absolute atomic E-state index is 13.8. The van der Waals surface area contributed by atoms with E-state index in [1.807, 2.05) is 13.0 Å². The van der Waals surface area contributed by atoms with Crippen LogP contribution in [0.4, 0.5) is 10.1 Å². The second kappa shape index (κ2) is 5.94. The van der Waals surface area contributed by atoms with Crippen LogP contribution >= 0.6 is 0 Å². The monoisotopic (exact) mass is 304 g/mol. The molecule has 0 radical (unpaired) electrons. The average molecular weight is 304 g/mol. The zero-order chi connectivity index (χ0) is 15.5. The molecule has 0 unspecified atom stereocenters. The van der Waals surface area contributed by atoms with Crippen molar-refractivity contribution >= 4 is 15.7 Å². The van der Waals surface area contributed by atoms with Crippen molar-refractivity contribution in [1.29, 1.82) is 5.26 Å². The summed E-state index contributed by atoms with van der Waals surface area (Å²) < 4.78 is 40.3. The molecule has 0 aliphatic rings. The highest BCUT2D eigenvalue weighted by atomic mass is 32.2. The summed E-state index contributed by atoms with van der Waals surface area (Å²) >= 11 is 0. The van der Waals surface area contributed by atoms with Crippen molar-refractivity contribution in [3.63, 3.8) is 0 Å². The van der Waals surface area contributed by atoms with E-state index in [0.29, 0.717) is 5.56 Å². The molecule has 0 saturated heterocycles. The fourth-order valence-corrected chi connectivity index (χ4v) is 2.83. The molecule has 0 aliphatic carbocycles. The van der Waals surface area contributed by atoms with Gasteiger partial charge in [0.2, 0.25) is 0 Å². The highest BCUT2D eigenvalue weighted by molar-refractivity contribution is 7.92. The van der Waals surface area contributed by atoms with E-state index in [4.69, 9.17) is 5.26 Å². The van der Waals surface area contributed by atoms with E-state index < -0.39 is 15.8 Å². The van der Waals surface area contributed by atoms with Gasteiger partial charge in [0, 0.05) is 0 Å². The molecule has 21 heavy (non-hydrogen) atoms. The van der Waals surface area contributed by atoms with Gasteiger partial charge in [0.25, 0.3) is 10.0 Å². The van der Waals surface area contributed by atoms with E-state index in [1.165, 1.54) is 24.3 Å². The van der Waals surface area contributed by atoms with Gasteiger partial charge in [-0.05, 0) is 36.8 Å². The number of anilines is 1. The highest BCUT2D eigenvalue weighted by Crippen LogP contribution is 2.20. The van der Waals surface area contributed by atoms with Crippen LogP contribution in [-0.2, 0) is 16.4 Å². The van der Waals surface area contributed by atoms with Crippen molar-refractivity contribution in [2.45, 2.75) is 18.2 Å². The van der Waals surface area contributed by atoms with Gasteiger partial charge in [0.05, 0.1) is 23.1 Å². The molecular weight excluding hydrogens is 291 g/mol. The van der Waals surface area contributed by atoms with Crippen molar-refractivity contribution < 1.29 is 12.8 Å². The van der Waals surface area contributed by atoms with Gasteiger partial charge in [0.1, 0.15) is 5.82 Å². The van der Waals surface area contributed by atoms with Crippen LogP contribution in [-0.4, -0.2) is 8.42 Å². The van der Waals surface area contributed by atoms with Crippen molar-refractivity contribution in [3.05, 3.63) is 59.4 Å². The minimum Gasteiger partial charge on any atom is -0.277 e. The third kappa shape index (κ3) is 3.58. The molecule has 2 aromatic rings. The predicted octanol–water partition coefficient (Wildman–Crippen LogP) is 3.00. The molecule has 0 atom stereocenters. The Kier molecular flexibility index (Phi) is 4.24. The van der Waals surface area contributed by atoms with E-state index in [9.17, 15) is 12.8 Å². The minimum atomic E-state index is -3.83. The Labute approximate surface area is 122 Å². The smallest absolute Gasteiger partial charge is 0.261 e. The number of nitriles is 1. The Hall–Kier alpha value is -2.39. The minimum absolute atomic E-state index is 0.0635. The molecule has 2 aromatic carbocycles. The third-order valence-electron chi connectivity index (χ3n) is 2.89. The molecule has 4 nitrogen and oxygen atoms in total. The molecule has 0 bridgehead atoms. The quantitative estimate of drug-likeness (QED) is 0.944. The molecule has 2 rings (SSSR count). The van der Waals surface area contributed by atoms with Gasteiger partial charge in [-0.3, -0.25) is 4.72 Å². The normalized spacial score (nSPS) is 10.9. The first-order valence-electron chi connectivity index (χ1n) is 6.17. The Morgan fingerprint density at radius 3 is 2.43 bits per heavy atom. The summed E-state index contributed by atoms with van der Waals surface area (Å²) in [6.45, 7) is 1.84. The van der Waals surface area contributed by atoms with Crippen LogP contribution in [0.2, 0.25) is 0 Å². The number of aryl methyl sites for hydroxylation is 1. The lowest BCUT2D eigenvalue weighted by molar-refractivity contribution is 0.598. The Balaban J connectivity index is 2.29. The summed E-state index contributed by atoms with van der Waals surface area (Å²) in [6.07, 6.45) is 0.0713. The molecule has 0 saturated carbocycles. The topological polar surface area (TPSA) is 70.0 Å². The maximum atomic E-state index is 13.8.